The Balaban J connectivity index is 1.39. The molecule has 0 radical (unpaired) electrons. The molecule has 6 nitrogen and oxygen atoms in total. The maximum Gasteiger partial charge on any atom is 0.227 e. The monoisotopic (exact) mass is 386 g/mol. The van der Waals surface area contributed by atoms with Crippen LogP contribution in [-0.4, -0.2) is 31.6 Å². The number of halogens is 1. The highest BCUT2D eigenvalue weighted by molar-refractivity contribution is 6.30. The molecule has 2 aromatic carbocycles. The number of carbonyl (C=O) groups is 2. The van der Waals surface area contributed by atoms with Crippen LogP contribution in [0.4, 0.5) is 5.69 Å². The van der Waals surface area contributed by atoms with Crippen LogP contribution in [-0.2, 0) is 16.1 Å². The Labute approximate surface area is 162 Å². The van der Waals surface area contributed by atoms with Gasteiger partial charge in [0.25, 0.3) is 0 Å². The summed E-state index contributed by atoms with van der Waals surface area (Å²) >= 11 is 5.90. The molecule has 1 fully saturated rings. The van der Waals surface area contributed by atoms with E-state index < -0.39 is 0 Å². The van der Waals surface area contributed by atoms with Gasteiger partial charge in [-0.2, -0.15) is 0 Å². The number of nitrogens with zero attached hydrogens (tertiary/aromatic N) is 1. The van der Waals surface area contributed by atoms with E-state index in [0.29, 0.717) is 42.8 Å². The zero-order valence-corrected chi connectivity index (χ0v) is 15.4. The number of ether oxygens (including phenoxy) is 2. The molecule has 27 heavy (non-hydrogen) atoms. The Hall–Kier alpha value is -2.73. The molecule has 2 aliphatic heterocycles. The molecule has 2 amide bonds. The molecule has 0 aliphatic carbocycles. The van der Waals surface area contributed by atoms with E-state index >= 15 is 0 Å². The van der Waals surface area contributed by atoms with Crippen LogP contribution in [0.15, 0.2) is 42.5 Å². The van der Waals surface area contributed by atoms with Crippen LogP contribution < -0.4 is 19.7 Å². The molecule has 0 saturated carbocycles. The fourth-order valence-electron chi connectivity index (χ4n) is 3.35. The molecule has 1 unspecified atom stereocenters. The number of hydrogen-bond acceptors (Lipinski definition) is 4. The first-order chi connectivity index (χ1) is 13.1. The van der Waals surface area contributed by atoms with E-state index in [4.69, 9.17) is 21.1 Å². The van der Waals surface area contributed by atoms with Crippen molar-refractivity contribution in [2.24, 2.45) is 5.92 Å². The van der Waals surface area contributed by atoms with E-state index in [1.807, 2.05) is 18.2 Å². The van der Waals surface area contributed by atoms with Gasteiger partial charge in [-0.1, -0.05) is 23.7 Å². The molecular weight excluding hydrogens is 368 g/mol. The predicted octanol–water partition coefficient (Wildman–Crippen LogP) is 2.78. The average Bonchev–Trinajstić information content (AvgIpc) is 3.08. The SMILES string of the molecule is O=C(NCc1cccc2c1OCCO2)C1CC(=O)N(c2ccc(Cl)cc2)C1. The molecule has 1 N–H and O–H groups in total. The average molecular weight is 387 g/mol. The summed E-state index contributed by atoms with van der Waals surface area (Å²) in [7, 11) is 0. The molecule has 0 spiro atoms. The minimum absolute atomic E-state index is 0.0636. The van der Waals surface area contributed by atoms with Gasteiger partial charge < -0.3 is 19.7 Å². The summed E-state index contributed by atoms with van der Waals surface area (Å²) < 4.78 is 11.2. The maximum atomic E-state index is 12.6. The first-order valence-corrected chi connectivity index (χ1v) is 9.21. The van der Waals surface area contributed by atoms with Gasteiger partial charge in [0.05, 0.1) is 5.92 Å². The molecule has 1 atom stereocenters. The normalized spacial score (nSPS) is 18.5. The van der Waals surface area contributed by atoms with Crippen LogP contribution in [0.2, 0.25) is 5.02 Å². The fourth-order valence-corrected chi connectivity index (χ4v) is 3.48. The number of amides is 2. The number of rotatable bonds is 4. The summed E-state index contributed by atoms with van der Waals surface area (Å²) in [5.41, 5.74) is 1.61. The van der Waals surface area contributed by atoms with Gasteiger partial charge in [0, 0.05) is 35.8 Å². The number of hydrogen-bond donors (Lipinski definition) is 1. The Bertz CT molecular complexity index is 869. The van der Waals surface area contributed by atoms with Crippen molar-refractivity contribution in [1.29, 1.82) is 0 Å². The minimum Gasteiger partial charge on any atom is -0.486 e. The van der Waals surface area contributed by atoms with E-state index in [-0.39, 0.29) is 24.2 Å². The lowest BCUT2D eigenvalue weighted by Gasteiger charge is -2.21. The van der Waals surface area contributed by atoms with Gasteiger partial charge in [-0.05, 0) is 30.3 Å². The lowest BCUT2D eigenvalue weighted by atomic mass is 10.1. The fraction of sp³-hybridized carbons (Fsp3) is 0.300. The summed E-state index contributed by atoms with van der Waals surface area (Å²) in [6.45, 7) is 1.70. The van der Waals surface area contributed by atoms with Gasteiger partial charge in [0.15, 0.2) is 11.5 Å². The lowest BCUT2D eigenvalue weighted by Crippen LogP contribution is -2.32. The number of carbonyl (C=O) groups excluding carboxylic acids is 2. The highest BCUT2D eigenvalue weighted by Gasteiger charge is 2.35. The second-order valence-corrected chi connectivity index (χ2v) is 6.98. The maximum absolute atomic E-state index is 12.6. The number of fused-ring (bicyclic) bond motifs is 1. The summed E-state index contributed by atoms with van der Waals surface area (Å²) in [5, 5.41) is 3.53. The molecule has 4 rings (SSSR count). The van der Waals surface area contributed by atoms with Crippen molar-refractivity contribution in [2.75, 3.05) is 24.7 Å². The zero-order valence-electron chi connectivity index (χ0n) is 14.6. The van der Waals surface area contributed by atoms with E-state index in [2.05, 4.69) is 5.32 Å². The predicted molar refractivity (Wildman–Crippen MR) is 101 cm³/mol. The van der Waals surface area contributed by atoms with Gasteiger partial charge >= 0.3 is 0 Å². The summed E-state index contributed by atoms with van der Waals surface area (Å²) in [6, 6.07) is 12.7. The lowest BCUT2D eigenvalue weighted by molar-refractivity contribution is -0.126. The summed E-state index contributed by atoms with van der Waals surface area (Å²) in [5.74, 6) is 0.776. The van der Waals surface area contributed by atoms with Crippen molar-refractivity contribution in [3.05, 3.63) is 53.1 Å². The third kappa shape index (κ3) is 3.71. The van der Waals surface area contributed by atoms with E-state index in [1.165, 1.54) is 0 Å². The molecule has 2 aromatic rings. The molecule has 0 bridgehead atoms. The molecule has 140 valence electrons. The van der Waals surface area contributed by atoms with Crippen LogP contribution in [0.1, 0.15) is 12.0 Å². The largest absolute Gasteiger partial charge is 0.486 e. The van der Waals surface area contributed by atoms with Crippen LogP contribution in [0.3, 0.4) is 0 Å². The van der Waals surface area contributed by atoms with Gasteiger partial charge in [-0.25, -0.2) is 0 Å². The topological polar surface area (TPSA) is 67.9 Å². The van der Waals surface area contributed by atoms with Crippen molar-refractivity contribution in [2.45, 2.75) is 13.0 Å². The van der Waals surface area contributed by atoms with Crippen LogP contribution in [0.5, 0.6) is 11.5 Å². The molecule has 7 heteroatoms. The molecule has 0 aromatic heterocycles. The van der Waals surface area contributed by atoms with Crippen LogP contribution in [0.25, 0.3) is 0 Å². The standard InChI is InChI=1S/C20H19ClN2O4/c21-15-4-6-16(7-5-15)23-12-14(10-18(23)24)20(25)22-11-13-2-1-3-17-19(13)27-9-8-26-17/h1-7,14H,8-12H2,(H,22,25). The molecule has 2 aliphatic rings. The third-order valence-corrected chi connectivity index (χ3v) is 4.99. The third-order valence-electron chi connectivity index (χ3n) is 4.73. The molecule has 1 saturated heterocycles. The van der Waals surface area contributed by atoms with E-state index in [9.17, 15) is 9.59 Å². The van der Waals surface area contributed by atoms with Crippen molar-refractivity contribution in [3.8, 4) is 11.5 Å². The van der Waals surface area contributed by atoms with E-state index in [0.717, 1.165) is 11.3 Å². The Morgan fingerprint density at radius 1 is 1.15 bits per heavy atom. The highest BCUT2D eigenvalue weighted by atomic mass is 35.5. The first kappa shape index (κ1) is 17.7. The Morgan fingerprint density at radius 2 is 1.93 bits per heavy atom. The Morgan fingerprint density at radius 3 is 2.74 bits per heavy atom. The number of anilines is 1. The minimum atomic E-state index is -0.384. The van der Waals surface area contributed by atoms with Gasteiger partial charge in [0.1, 0.15) is 13.2 Å². The summed E-state index contributed by atoms with van der Waals surface area (Å²) in [4.78, 5) is 26.5. The second-order valence-electron chi connectivity index (χ2n) is 6.54. The highest BCUT2D eigenvalue weighted by Crippen LogP contribution is 2.33. The number of para-hydroxylation sites is 1. The second kappa shape index (κ2) is 7.48. The van der Waals surface area contributed by atoms with Crippen molar-refractivity contribution >= 4 is 29.1 Å². The van der Waals surface area contributed by atoms with Crippen LogP contribution >= 0.6 is 11.6 Å². The first-order valence-electron chi connectivity index (χ1n) is 8.83. The van der Waals surface area contributed by atoms with Gasteiger partial charge in [-0.3, -0.25) is 9.59 Å². The van der Waals surface area contributed by atoms with Gasteiger partial charge in [-0.15, -0.1) is 0 Å². The van der Waals surface area contributed by atoms with Crippen LogP contribution in [0, 0.1) is 5.92 Å². The summed E-state index contributed by atoms with van der Waals surface area (Å²) in [6.07, 6.45) is 0.195. The smallest absolute Gasteiger partial charge is 0.227 e. The van der Waals surface area contributed by atoms with Gasteiger partial charge in [0.2, 0.25) is 11.8 Å². The zero-order chi connectivity index (χ0) is 18.8. The van der Waals surface area contributed by atoms with Crippen molar-refractivity contribution in [1.82, 2.24) is 5.32 Å². The molecular formula is C20H19ClN2O4. The van der Waals surface area contributed by atoms with E-state index in [1.54, 1.807) is 29.2 Å². The quantitative estimate of drug-likeness (QED) is 0.877. The van der Waals surface area contributed by atoms with Crippen molar-refractivity contribution in [3.63, 3.8) is 0 Å². The van der Waals surface area contributed by atoms with Crippen molar-refractivity contribution < 1.29 is 19.1 Å². The molecule has 2 heterocycles. The number of benzene rings is 2. The number of nitrogens with one attached hydrogen (secondary N) is 1. The Kier molecular flexibility index (Phi) is 4.90.